The van der Waals surface area contributed by atoms with E-state index in [1.165, 1.54) is 39.7 Å². The van der Waals surface area contributed by atoms with Crippen molar-refractivity contribution in [2.45, 2.75) is 4.90 Å². The maximum Gasteiger partial charge on any atom is 0.264 e. The first-order chi connectivity index (χ1) is 16.4. The number of para-hydroxylation sites is 1. The molecular formula is C26H23N3O3S2. The largest absolute Gasteiger partial charge is 0.280 e. The van der Waals surface area contributed by atoms with E-state index in [1.807, 2.05) is 41.8 Å². The van der Waals surface area contributed by atoms with Gasteiger partial charge in [-0.15, -0.1) is 17.9 Å². The molecule has 172 valence electrons. The number of aromatic nitrogens is 1. The van der Waals surface area contributed by atoms with Gasteiger partial charge in [-0.1, -0.05) is 60.7 Å². The first-order valence-electron chi connectivity index (χ1n) is 10.5. The third-order valence-electron chi connectivity index (χ3n) is 5.21. The maximum absolute atomic E-state index is 13.4. The lowest BCUT2D eigenvalue weighted by atomic mass is 10.2. The van der Waals surface area contributed by atoms with Crippen LogP contribution in [0.1, 0.15) is 10.4 Å². The lowest BCUT2D eigenvalue weighted by Crippen LogP contribution is -2.31. The van der Waals surface area contributed by atoms with Gasteiger partial charge in [0.2, 0.25) is 0 Å². The van der Waals surface area contributed by atoms with Crippen LogP contribution < -0.4 is 9.21 Å². The Kier molecular flexibility index (Phi) is 6.90. The molecule has 6 nitrogen and oxygen atoms in total. The Balaban J connectivity index is 1.65. The average molecular weight is 490 g/mol. The van der Waals surface area contributed by atoms with Crippen molar-refractivity contribution in [3.8, 4) is 11.3 Å². The Bertz CT molecular complexity index is 1400. The van der Waals surface area contributed by atoms with Gasteiger partial charge in [-0.3, -0.25) is 14.0 Å². The number of anilines is 2. The van der Waals surface area contributed by atoms with Gasteiger partial charge < -0.3 is 0 Å². The van der Waals surface area contributed by atoms with Gasteiger partial charge in [0.15, 0.2) is 5.13 Å². The Labute approximate surface area is 203 Å². The van der Waals surface area contributed by atoms with Gasteiger partial charge in [-0.25, -0.2) is 13.4 Å². The Morgan fingerprint density at radius 3 is 2.35 bits per heavy atom. The summed E-state index contributed by atoms with van der Waals surface area (Å²) < 4.78 is 27.6. The Hall–Kier alpha value is -3.75. The normalized spacial score (nSPS) is 11.1. The molecule has 8 heteroatoms. The molecule has 0 atom stereocenters. The van der Waals surface area contributed by atoms with E-state index in [4.69, 9.17) is 0 Å². The van der Waals surface area contributed by atoms with Gasteiger partial charge in [-0.05, 0) is 30.3 Å². The van der Waals surface area contributed by atoms with E-state index < -0.39 is 10.0 Å². The summed E-state index contributed by atoms with van der Waals surface area (Å²) in [5, 5.41) is 2.41. The second kappa shape index (κ2) is 10.0. The van der Waals surface area contributed by atoms with E-state index in [9.17, 15) is 13.2 Å². The van der Waals surface area contributed by atoms with Gasteiger partial charge in [0.1, 0.15) is 0 Å². The van der Waals surface area contributed by atoms with Gasteiger partial charge in [0.25, 0.3) is 15.9 Å². The minimum absolute atomic E-state index is 0.0346. The maximum atomic E-state index is 13.4. The Morgan fingerprint density at radius 2 is 1.68 bits per heavy atom. The van der Waals surface area contributed by atoms with Crippen LogP contribution >= 0.6 is 11.3 Å². The lowest BCUT2D eigenvalue weighted by molar-refractivity contribution is 0.0989. The van der Waals surface area contributed by atoms with E-state index in [0.29, 0.717) is 10.8 Å². The molecule has 0 unspecified atom stereocenters. The summed E-state index contributed by atoms with van der Waals surface area (Å²) in [7, 11) is -2.36. The SMILES string of the molecule is C=CCN(C(=O)c1cccc(S(=O)(=O)N(C)c2ccccc2)c1)c1nc(-c2ccccc2)cs1. The third-order valence-corrected chi connectivity index (χ3v) is 7.85. The van der Waals surface area contributed by atoms with Crippen molar-refractivity contribution in [2.24, 2.45) is 0 Å². The topological polar surface area (TPSA) is 70.6 Å². The molecular weight excluding hydrogens is 466 g/mol. The third kappa shape index (κ3) is 4.78. The monoisotopic (exact) mass is 489 g/mol. The molecule has 4 rings (SSSR count). The smallest absolute Gasteiger partial charge is 0.264 e. The van der Waals surface area contributed by atoms with Crippen molar-refractivity contribution in [3.63, 3.8) is 0 Å². The summed E-state index contributed by atoms with van der Waals surface area (Å²) in [6.07, 6.45) is 1.62. The molecule has 0 aliphatic rings. The molecule has 1 aromatic heterocycles. The predicted molar refractivity (Wildman–Crippen MR) is 138 cm³/mol. The van der Waals surface area contributed by atoms with E-state index >= 15 is 0 Å². The van der Waals surface area contributed by atoms with E-state index in [-0.39, 0.29) is 22.9 Å². The summed E-state index contributed by atoms with van der Waals surface area (Å²) in [5.41, 5.74) is 2.50. The fraction of sp³-hybridized carbons (Fsp3) is 0.0769. The summed E-state index contributed by atoms with van der Waals surface area (Å²) in [6, 6.07) is 24.5. The van der Waals surface area contributed by atoms with Crippen LogP contribution in [0, 0.1) is 0 Å². The molecule has 0 N–H and O–H groups in total. The number of hydrogen-bond acceptors (Lipinski definition) is 5. The van der Waals surface area contributed by atoms with E-state index in [0.717, 1.165) is 11.3 Å². The molecule has 34 heavy (non-hydrogen) atoms. The summed E-state index contributed by atoms with van der Waals surface area (Å²) in [5.74, 6) is -0.353. The van der Waals surface area contributed by atoms with E-state index in [2.05, 4.69) is 11.6 Å². The molecule has 0 aliphatic carbocycles. The molecule has 0 bridgehead atoms. The molecule has 1 amide bonds. The molecule has 1 heterocycles. The summed E-state index contributed by atoms with van der Waals surface area (Å²) in [4.78, 5) is 19.6. The fourth-order valence-electron chi connectivity index (χ4n) is 3.39. The zero-order valence-electron chi connectivity index (χ0n) is 18.5. The highest BCUT2D eigenvalue weighted by Crippen LogP contribution is 2.29. The first-order valence-corrected chi connectivity index (χ1v) is 12.8. The number of carbonyl (C=O) groups is 1. The number of hydrogen-bond donors (Lipinski definition) is 0. The van der Waals surface area contributed by atoms with Crippen LogP contribution in [0.4, 0.5) is 10.8 Å². The second-order valence-corrected chi connectivity index (χ2v) is 10.2. The van der Waals surface area contributed by atoms with Crippen LogP contribution in [0.5, 0.6) is 0 Å². The number of rotatable bonds is 8. The number of amides is 1. The molecule has 0 saturated heterocycles. The van der Waals surface area contributed by atoms with Crippen LogP contribution in [0.25, 0.3) is 11.3 Å². The molecule has 0 saturated carbocycles. The molecule has 0 spiro atoms. The van der Waals surface area contributed by atoms with Gasteiger partial charge in [0, 0.05) is 30.1 Å². The molecule has 0 fully saturated rings. The van der Waals surface area contributed by atoms with Crippen molar-refractivity contribution in [3.05, 3.63) is 109 Å². The van der Waals surface area contributed by atoms with Crippen molar-refractivity contribution in [1.29, 1.82) is 0 Å². The van der Waals surface area contributed by atoms with Crippen LogP contribution in [0.3, 0.4) is 0 Å². The number of sulfonamides is 1. The zero-order chi connectivity index (χ0) is 24.1. The Morgan fingerprint density at radius 1 is 1.00 bits per heavy atom. The number of thiazole rings is 1. The van der Waals surface area contributed by atoms with Gasteiger partial charge in [0.05, 0.1) is 16.3 Å². The van der Waals surface area contributed by atoms with Crippen molar-refractivity contribution >= 4 is 38.1 Å². The number of carbonyl (C=O) groups excluding carboxylic acids is 1. The standard InChI is InChI=1S/C26H23N3O3S2/c1-3-17-29(26-27-24(19-33-26)20-11-6-4-7-12-20)25(30)21-13-10-16-23(18-21)34(31,32)28(2)22-14-8-5-9-15-22/h3-16,18-19H,1,17H2,2H3. The summed E-state index contributed by atoms with van der Waals surface area (Å²) in [6.45, 7) is 4.00. The second-order valence-electron chi connectivity index (χ2n) is 7.42. The quantitative estimate of drug-likeness (QED) is 0.308. The molecule has 3 aromatic carbocycles. The van der Waals surface area contributed by atoms with Gasteiger partial charge in [-0.2, -0.15) is 0 Å². The van der Waals surface area contributed by atoms with Crippen LogP contribution in [-0.4, -0.2) is 32.9 Å². The molecule has 4 aromatic rings. The van der Waals surface area contributed by atoms with Crippen LogP contribution in [0.2, 0.25) is 0 Å². The van der Waals surface area contributed by atoms with Crippen LogP contribution in [0.15, 0.2) is 108 Å². The van der Waals surface area contributed by atoms with E-state index in [1.54, 1.807) is 42.5 Å². The molecule has 0 radical (unpaired) electrons. The average Bonchev–Trinajstić information content (AvgIpc) is 3.37. The van der Waals surface area contributed by atoms with Crippen molar-refractivity contribution < 1.29 is 13.2 Å². The van der Waals surface area contributed by atoms with Gasteiger partial charge >= 0.3 is 0 Å². The highest BCUT2D eigenvalue weighted by atomic mass is 32.2. The zero-order valence-corrected chi connectivity index (χ0v) is 20.2. The first kappa shape index (κ1) is 23.4. The number of nitrogens with zero attached hydrogens (tertiary/aromatic N) is 3. The minimum Gasteiger partial charge on any atom is -0.280 e. The van der Waals surface area contributed by atoms with Crippen LogP contribution in [-0.2, 0) is 10.0 Å². The van der Waals surface area contributed by atoms with Crippen molar-refractivity contribution in [1.82, 2.24) is 4.98 Å². The number of benzene rings is 3. The highest BCUT2D eigenvalue weighted by molar-refractivity contribution is 7.92. The minimum atomic E-state index is -3.85. The van der Waals surface area contributed by atoms with Crippen molar-refractivity contribution in [2.75, 3.05) is 22.8 Å². The summed E-state index contributed by atoms with van der Waals surface area (Å²) >= 11 is 1.35. The lowest BCUT2D eigenvalue weighted by Gasteiger charge is -2.21. The molecule has 0 aliphatic heterocycles. The fourth-order valence-corrected chi connectivity index (χ4v) is 5.47. The highest BCUT2D eigenvalue weighted by Gasteiger charge is 2.25. The predicted octanol–water partition coefficient (Wildman–Crippen LogP) is 5.47.